The number of benzene rings is 6. The van der Waals surface area contributed by atoms with Crippen molar-refractivity contribution in [2.24, 2.45) is 31.8 Å². The zero-order valence-electron chi connectivity index (χ0n) is 41.8. The molecule has 2 saturated heterocycles. The second-order valence-corrected chi connectivity index (χ2v) is 19.8. The Kier molecular flexibility index (Phi) is 13.9. The number of nitrogens with zero attached hydrogens (tertiary/aromatic N) is 8. The Morgan fingerprint density at radius 3 is 1.84 bits per heavy atom. The summed E-state index contributed by atoms with van der Waals surface area (Å²) < 4.78 is 31.4. The third-order valence-corrected chi connectivity index (χ3v) is 14.6. The summed E-state index contributed by atoms with van der Waals surface area (Å²) in [5, 5.41) is 25.1. The number of aromatic nitrogens is 6. The van der Waals surface area contributed by atoms with E-state index < -0.39 is 0 Å². The fourth-order valence-corrected chi connectivity index (χ4v) is 10.9. The van der Waals surface area contributed by atoms with E-state index in [0.29, 0.717) is 36.1 Å². The van der Waals surface area contributed by atoms with Crippen molar-refractivity contribution in [3.8, 4) is 5.69 Å². The SMILES string of the molecule is Cc1cc(Nc2ccc(F)cc2)c(C=N)cc1C12CN(C(=O)c3cnn(C)c3)CC1C2c1ccccc1.Cc1ccc2cnn(-c3ccc(F)cc3)c2c1.Cn1cc(C(=O)N2CC3CC3C2)cn1.c1ccccc1. The molecule has 13 rings (SSSR count). The highest BCUT2D eigenvalue weighted by Gasteiger charge is 2.71. The van der Waals surface area contributed by atoms with E-state index in [1.165, 1.54) is 53.6 Å². The van der Waals surface area contributed by atoms with Crippen LogP contribution in [-0.2, 0) is 19.5 Å². The van der Waals surface area contributed by atoms with Crippen LogP contribution in [0.3, 0.4) is 0 Å². The maximum absolute atomic E-state index is 13.4. The van der Waals surface area contributed by atoms with Crippen molar-refractivity contribution in [2.45, 2.75) is 31.6 Å². The summed E-state index contributed by atoms with van der Waals surface area (Å²) in [6.45, 7) is 7.35. The van der Waals surface area contributed by atoms with Gasteiger partial charge in [-0.2, -0.15) is 15.3 Å². The van der Waals surface area contributed by atoms with Crippen LogP contribution in [-0.4, -0.2) is 83.3 Å². The number of anilines is 2. The van der Waals surface area contributed by atoms with Crippen LogP contribution >= 0.6 is 0 Å². The zero-order valence-corrected chi connectivity index (χ0v) is 41.8. The lowest BCUT2D eigenvalue weighted by molar-refractivity contribution is 0.0764. The van der Waals surface area contributed by atoms with Gasteiger partial charge in [-0.05, 0) is 127 Å². The van der Waals surface area contributed by atoms with Crippen LogP contribution in [0.1, 0.15) is 60.9 Å². The molecule has 3 aromatic heterocycles. The van der Waals surface area contributed by atoms with Gasteiger partial charge in [-0.3, -0.25) is 19.0 Å². The molecule has 9 aromatic rings. The molecule has 2 amide bonds. The third-order valence-electron chi connectivity index (χ3n) is 14.6. The van der Waals surface area contributed by atoms with E-state index in [1.54, 1.807) is 58.4 Å². The molecule has 0 radical (unpaired) electrons. The van der Waals surface area contributed by atoms with Gasteiger partial charge >= 0.3 is 0 Å². The Bertz CT molecular complexity index is 3390. The van der Waals surface area contributed by atoms with Gasteiger partial charge < -0.3 is 20.5 Å². The van der Waals surface area contributed by atoms with Gasteiger partial charge in [0.25, 0.3) is 11.8 Å². The maximum atomic E-state index is 13.4. The molecule has 0 bridgehead atoms. The monoisotopic (exact) mass is 988 g/mol. The first kappa shape index (κ1) is 49.1. The average Bonchev–Trinajstić information content (AvgIpc) is 3.87. The molecule has 2 N–H and O–H groups in total. The van der Waals surface area contributed by atoms with Crippen LogP contribution in [0.2, 0.25) is 0 Å². The molecule has 2 aliphatic carbocycles. The minimum absolute atomic E-state index is 0.00557. The standard InChI is InChI=1S/C30H28FN5O.C14H11FN2.C10H13N3O.C6H6/c1-19-12-27(34-24-10-8-23(31)9-11-24)21(14-32)13-25(19)30-18-36(29(37)22-15-33-35(2)16-22)17-26(30)28(30)20-6-4-3-5-7-20;1-10-2-3-11-9-16-17(14(11)8-10)13-6-4-12(15)5-7-13;1-12-4-9(3-11-12)10(14)13-5-7-2-8(7)6-13;1-2-4-6-5-3-1/h3-16,26,28,32,34H,17-18H2,1-2H3;2-9H,1H3;3-4,7-8H,2,5-6H2,1H3;1-6H. The second kappa shape index (κ2) is 20.9. The lowest BCUT2D eigenvalue weighted by atomic mass is 9.85. The fourth-order valence-electron chi connectivity index (χ4n) is 10.9. The van der Waals surface area contributed by atoms with Crippen molar-refractivity contribution in [2.75, 3.05) is 31.5 Å². The summed E-state index contributed by atoms with van der Waals surface area (Å²) in [5.41, 5.74) is 10.1. The van der Waals surface area contributed by atoms with E-state index in [4.69, 9.17) is 5.41 Å². The summed E-state index contributed by atoms with van der Waals surface area (Å²) in [4.78, 5) is 29.1. The molecule has 4 aliphatic rings. The smallest absolute Gasteiger partial charge is 0.257 e. The van der Waals surface area contributed by atoms with Gasteiger partial charge in [-0.25, -0.2) is 13.5 Å². The first-order valence-corrected chi connectivity index (χ1v) is 24.9. The van der Waals surface area contributed by atoms with Crippen molar-refractivity contribution < 1.29 is 18.4 Å². The fraction of sp³-hybridized carbons (Fsp3) is 0.233. The van der Waals surface area contributed by atoms with Crippen LogP contribution in [0.15, 0.2) is 177 Å². The molecule has 14 heteroatoms. The number of halogens is 2. The van der Waals surface area contributed by atoms with Crippen LogP contribution in [0, 0.1) is 48.6 Å². The number of carbonyl (C=O) groups excluding carboxylic acids is 2. The maximum Gasteiger partial charge on any atom is 0.257 e. The van der Waals surface area contributed by atoms with E-state index >= 15 is 0 Å². The number of hydrogen-bond donors (Lipinski definition) is 2. The Hall–Kier alpha value is -8.52. The summed E-state index contributed by atoms with van der Waals surface area (Å²) in [7, 11) is 3.65. The summed E-state index contributed by atoms with van der Waals surface area (Å²) in [5.74, 6) is 1.83. The number of rotatable bonds is 8. The van der Waals surface area contributed by atoms with Gasteiger partial charge in [0.2, 0.25) is 0 Å². The molecule has 374 valence electrons. The normalized spacial score (nSPS) is 19.6. The molecule has 6 aromatic carbocycles. The number of fused-ring (bicyclic) bond motifs is 3. The molecule has 5 atom stereocenters. The minimum Gasteiger partial charge on any atom is -0.355 e. The highest BCUT2D eigenvalue weighted by Crippen LogP contribution is 2.70. The van der Waals surface area contributed by atoms with Gasteiger partial charge in [0, 0.05) is 92.5 Å². The first-order valence-electron chi connectivity index (χ1n) is 24.9. The Morgan fingerprint density at radius 2 is 1.26 bits per heavy atom. The number of hydrogen-bond acceptors (Lipinski definition) is 7. The molecular weight excluding hydrogens is 931 g/mol. The van der Waals surface area contributed by atoms with Crippen LogP contribution < -0.4 is 5.32 Å². The highest BCUT2D eigenvalue weighted by atomic mass is 19.1. The van der Waals surface area contributed by atoms with Crippen molar-refractivity contribution in [1.82, 2.24) is 39.1 Å². The third kappa shape index (κ3) is 10.4. The molecule has 12 nitrogen and oxygen atoms in total. The molecule has 5 heterocycles. The summed E-state index contributed by atoms with van der Waals surface area (Å²) in [6, 6.07) is 45.4. The minimum atomic E-state index is -0.290. The second-order valence-electron chi connectivity index (χ2n) is 19.8. The molecule has 2 saturated carbocycles. The highest BCUT2D eigenvalue weighted by molar-refractivity contribution is 5.95. The lowest BCUT2D eigenvalue weighted by Gasteiger charge is -2.26. The molecule has 2 aliphatic heterocycles. The number of amides is 2. The van der Waals surface area contributed by atoms with E-state index in [-0.39, 0.29) is 28.9 Å². The van der Waals surface area contributed by atoms with Crippen LogP contribution in [0.5, 0.6) is 0 Å². The van der Waals surface area contributed by atoms with Crippen molar-refractivity contribution in [3.05, 3.63) is 227 Å². The Morgan fingerprint density at radius 1 is 0.676 bits per heavy atom. The molecular formula is C60H58F2N10O2. The molecule has 74 heavy (non-hydrogen) atoms. The van der Waals surface area contributed by atoms with Crippen LogP contribution in [0.4, 0.5) is 20.2 Å². The summed E-state index contributed by atoms with van der Waals surface area (Å²) in [6.07, 6.45) is 11.3. The quantitative estimate of drug-likeness (QED) is 0.146. The predicted octanol–water partition coefficient (Wildman–Crippen LogP) is 11.1. The van der Waals surface area contributed by atoms with Crippen molar-refractivity contribution in [3.63, 3.8) is 0 Å². The van der Waals surface area contributed by atoms with E-state index in [1.807, 2.05) is 90.2 Å². The molecule has 4 fully saturated rings. The molecule has 0 spiro atoms. The van der Waals surface area contributed by atoms with E-state index in [2.05, 4.69) is 76.1 Å². The average molecular weight is 989 g/mol. The zero-order chi connectivity index (χ0) is 51.5. The number of nitrogens with one attached hydrogen (secondary N) is 2. The number of piperidine rings is 2. The predicted molar refractivity (Wildman–Crippen MR) is 285 cm³/mol. The topological polar surface area (TPSA) is 130 Å². The number of likely N-dealkylation sites (tertiary alicyclic amines) is 2. The summed E-state index contributed by atoms with van der Waals surface area (Å²) >= 11 is 0. The van der Waals surface area contributed by atoms with Gasteiger partial charge in [-0.15, -0.1) is 0 Å². The van der Waals surface area contributed by atoms with Gasteiger partial charge in [0.05, 0.1) is 40.9 Å². The van der Waals surface area contributed by atoms with E-state index in [9.17, 15) is 18.4 Å². The van der Waals surface area contributed by atoms with E-state index in [0.717, 1.165) is 64.0 Å². The van der Waals surface area contributed by atoms with Gasteiger partial charge in [0.1, 0.15) is 11.6 Å². The Balaban J connectivity index is 0.000000138. The van der Waals surface area contributed by atoms with Gasteiger partial charge in [0.15, 0.2) is 0 Å². The largest absolute Gasteiger partial charge is 0.355 e. The van der Waals surface area contributed by atoms with Crippen molar-refractivity contribution >= 4 is 40.3 Å². The lowest BCUT2D eigenvalue weighted by Crippen LogP contribution is -2.34. The first-order chi connectivity index (χ1) is 35.9. The molecule has 5 unspecified atom stereocenters. The van der Waals surface area contributed by atoms with Gasteiger partial charge in [-0.1, -0.05) is 78.9 Å². The number of aryl methyl sites for hydroxylation is 4. The Labute approximate surface area is 429 Å². The van der Waals surface area contributed by atoms with Crippen molar-refractivity contribution in [1.29, 1.82) is 5.41 Å². The number of carbonyl (C=O) groups is 2. The van der Waals surface area contributed by atoms with Crippen LogP contribution in [0.25, 0.3) is 16.6 Å².